The van der Waals surface area contributed by atoms with Crippen LogP contribution in [0, 0.1) is 13.8 Å². The predicted octanol–water partition coefficient (Wildman–Crippen LogP) is 4.19. The van der Waals surface area contributed by atoms with E-state index in [0.717, 1.165) is 28.4 Å². The molecule has 1 amide bonds. The summed E-state index contributed by atoms with van der Waals surface area (Å²) in [6.45, 7) is 9.49. The summed E-state index contributed by atoms with van der Waals surface area (Å²) < 4.78 is 11.9. The number of ether oxygens (including phenoxy) is 1. The van der Waals surface area contributed by atoms with E-state index in [9.17, 15) is 9.59 Å². The Morgan fingerprint density at radius 3 is 2.53 bits per heavy atom. The zero-order chi connectivity index (χ0) is 23.3. The first-order valence-electron chi connectivity index (χ1n) is 10.3. The summed E-state index contributed by atoms with van der Waals surface area (Å²) in [6, 6.07) is 11.4. The number of rotatable bonds is 8. The third-order valence-electron chi connectivity index (χ3n) is 4.76. The molecule has 9 heteroatoms. The number of benzene rings is 1. The van der Waals surface area contributed by atoms with Crippen molar-refractivity contribution in [1.29, 1.82) is 0 Å². The van der Waals surface area contributed by atoms with E-state index >= 15 is 0 Å². The molecule has 0 saturated carbocycles. The molecular weight excluding hydrogens is 428 g/mol. The summed E-state index contributed by atoms with van der Waals surface area (Å²) in [7, 11) is 0. The van der Waals surface area contributed by atoms with E-state index in [0.29, 0.717) is 11.6 Å². The molecule has 0 bridgehead atoms. The van der Waals surface area contributed by atoms with Crippen LogP contribution in [0.1, 0.15) is 43.5 Å². The van der Waals surface area contributed by atoms with Crippen molar-refractivity contribution in [2.45, 2.75) is 45.8 Å². The molecule has 0 aliphatic rings. The van der Waals surface area contributed by atoms with Gasteiger partial charge >= 0.3 is 5.97 Å². The van der Waals surface area contributed by atoms with Gasteiger partial charge in [0.2, 0.25) is 0 Å². The summed E-state index contributed by atoms with van der Waals surface area (Å²) in [5.74, 6) is 1.11. The van der Waals surface area contributed by atoms with Gasteiger partial charge in [0.05, 0.1) is 22.8 Å². The highest BCUT2D eigenvalue weighted by molar-refractivity contribution is 7.99. The fraction of sp³-hybridized carbons (Fsp3) is 0.391. The lowest BCUT2D eigenvalue weighted by Gasteiger charge is -2.14. The van der Waals surface area contributed by atoms with E-state index in [2.05, 4.69) is 36.3 Å². The largest absolute Gasteiger partial charge is 0.455 e. The second-order valence-electron chi connectivity index (χ2n) is 8.42. The van der Waals surface area contributed by atoms with Crippen LogP contribution in [0.3, 0.4) is 0 Å². The van der Waals surface area contributed by atoms with Crippen molar-refractivity contribution < 1.29 is 18.8 Å². The monoisotopic (exact) mass is 456 g/mol. The molecule has 2 heterocycles. The lowest BCUT2D eigenvalue weighted by atomic mass is 9.92. The van der Waals surface area contributed by atoms with Crippen LogP contribution in [0.4, 0.5) is 5.82 Å². The average molecular weight is 457 g/mol. The van der Waals surface area contributed by atoms with E-state index in [-0.39, 0.29) is 17.8 Å². The van der Waals surface area contributed by atoms with Gasteiger partial charge in [0.1, 0.15) is 11.6 Å². The van der Waals surface area contributed by atoms with Crippen LogP contribution < -0.4 is 5.32 Å². The molecule has 0 aliphatic carbocycles. The number of thioether (sulfide) groups is 1. The summed E-state index contributed by atoms with van der Waals surface area (Å²) in [5, 5.41) is 11.4. The van der Waals surface area contributed by atoms with Gasteiger partial charge in [-0.05, 0) is 26.0 Å². The minimum Gasteiger partial charge on any atom is -0.455 e. The number of carbonyl (C=O) groups is 2. The molecule has 0 aliphatic heterocycles. The number of para-hydroxylation sites is 1. The van der Waals surface area contributed by atoms with Gasteiger partial charge in [-0.3, -0.25) is 9.59 Å². The van der Waals surface area contributed by atoms with Gasteiger partial charge < -0.3 is 14.6 Å². The maximum atomic E-state index is 12.5. The summed E-state index contributed by atoms with van der Waals surface area (Å²) in [6.07, 6.45) is 0. The van der Waals surface area contributed by atoms with Gasteiger partial charge in [-0.2, -0.15) is 5.10 Å². The first kappa shape index (κ1) is 23.6. The number of hydrogen-bond acceptors (Lipinski definition) is 7. The molecule has 170 valence electrons. The maximum Gasteiger partial charge on any atom is 0.316 e. The lowest BCUT2D eigenvalue weighted by Crippen LogP contribution is -2.23. The molecule has 32 heavy (non-hydrogen) atoms. The molecule has 0 fully saturated rings. The van der Waals surface area contributed by atoms with Crippen LogP contribution in [0.15, 0.2) is 40.9 Å². The Labute approximate surface area is 191 Å². The van der Waals surface area contributed by atoms with Crippen molar-refractivity contribution in [1.82, 2.24) is 14.9 Å². The molecule has 2 aromatic heterocycles. The van der Waals surface area contributed by atoms with E-state index in [1.54, 1.807) is 4.68 Å². The van der Waals surface area contributed by atoms with E-state index < -0.39 is 11.9 Å². The van der Waals surface area contributed by atoms with Crippen molar-refractivity contribution >= 4 is 29.5 Å². The van der Waals surface area contributed by atoms with Crippen LogP contribution in [0.2, 0.25) is 0 Å². The second kappa shape index (κ2) is 10.0. The van der Waals surface area contributed by atoms with Crippen LogP contribution >= 0.6 is 11.8 Å². The summed E-state index contributed by atoms with van der Waals surface area (Å²) in [5.41, 5.74) is 3.26. The number of esters is 1. The Bertz CT molecular complexity index is 1060. The van der Waals surface area contributed by atoms with E-state index in [1.165, 1.54) is 11.8 Å². The predicted molar refractivity (Wildman–Crippen MR) is 124 cm³/mol. The van der Waals surface area contributed by atoms with Gasteiger partial charge in [0, 0.05) is 22.8 Å². The molecule has 0 atom stereocenters. The van der Waals surface area contributed by atoms with Gasteiger partial charge in [0.15, 0.2) is 6.61 Å². The fourth-order valence-electron chi connectivity index (χ4n) is 2.91. The molecule has 0 unspecified atom stereocenters. The van der Waals surface area contributed by atoms with Crippen LogP contribution in [0.5, 0.6) is 0 Å². The molecule has 1 N–H and O–H groups in total. The molecule has 0 spiro atoms. The first-order valence-corrected chi connectivity index (χ1v) is 11.4. The highest BCUT2D eigenvalue weighted by atomic mass is 32.2. The SMILES string of the molecule is Cc1noc(C)c1CSCC(=O)OCC(=O)Nc1cc(C(C)(C)C)nn1-c1ccccc1. The zero-order valence-electron chi connectivity index (χ0n) is 19.0. The number of aryl methyl sites for hydroxylation is 2. The van der Waals surface area contributed by atoms with Gasteiger partial charge in [-0.25, -0.2) is 4.68 Å². The quantitative estimate of drug-likeness (QED) is 0.507. The Morgan fingerprint density at radius 1 is 1.19 bits per heavy atom. The van der Waals surface area contributed by atoms with Gasteiger partial charge in [-0.1, -0.05) is 44.1 Å². The maximum absolute atomic E-state index is 12.5. The average Bonchev–Trinajstić information content (AvgIpc) is 3.31. The Kier molecular flexibility index (Phi) is 7.40. The summed E-state index contributed by atoms with van der Waals surface area (Å²) in [4.78, 5) is 24.5. The molecule has 0 saturated heterocycles. The van der Waals surface area contributed by atoms with Crippen LogP contribution in [-0.2, 0) is 25.5 Å². The van der Waals surface area contributed by atoms with Crippen molar-refractivity contribution in [3.63, 3.8) is 0 Å². The highest BCUT2D eigenvalue weighted by Gasteiger charge is 2.22. The van der Waals surface area contributed by atoms with Crippen molar-refractivity contribution in [2.24, 2.45) is 0 Å². The molecule has 8 nitrogen and oxygen atoms in total. The normalized spacial score (nSPS) is 11.4. The lowest BCUT2D eigenvalue weighted by molar-refractivity contribution is -0.144. The number of nitrogens with one attached hydrogen (secondary N) is 1. The molecule has 3 aromatic rings. The third kappa shape index (κ3) is 6.00. The third-order valence-corrected chi connectivity index (χ3v) is 5.69. The standard InChI is InChI=1S/C23H28N4O4S/c1-15-18(16(2)31-26-15)13-32-14-22(29)30-12-21(28)24-20-11-19(23(3,4)5)25-27(20)17-9-7-6-8-10-17/h6-11H,12-14H2,1-5H3,(H,24,28). The van der Waals surface area contributed by atoms with Crippen molar-refractivity contribution in [2.75, 3.05) is 17.7 Å². The zero-order valence-corrected chi connectivity index (χ0v) is 19.8. The molecule has 3 rings (SSSR count). The first-order chi connectivity index (χ1) is 15.1. The Hall–Kier alpha value is -3.07. The van der Waals surface area contributed by atoms with Crippen molar-refractivity contribution in [3.8, 4) is 5.69 Å². The minimum atomic E-state index is -0.455. The van der Waals surface area contributed by atoms with E-state index in [4.69, 9.17) is 9.26 Å². The number of anilines is 1. The van der Waals surface area contributed by atoms with E-state index in [1.807, 2.05) is 50.2 Å². The highest BCUT2D eigenvalue weighted by Crippen LogP contribution is 2.26. The number of hydrogen-bond donors (Lipinski definition) is 1. The Balaban J connectivity index is 1.56. The smallest absolute Gasteiger partial charge is 0.316 e. The molecular formula is C23H28N4O4S. The number of nitrogens with zero attached hydrogens (tertiary/aromatic N) is 3. The number of amides is 1. The van der Waals surface area contributed by atoms with Crippen LogP contribution in [-0.4, -0.2) is 39.2 Å². The minimum absolute atomic E-state index is 0.132. The van der Waals surface area contributed by atoms with Crippen LogP contribution in [0.25, 0.3) is 5.69 Å². The van der Waals surface area contributed by atoms with Gasteiger partial charge in [0.25, 0.3) is 5.91 Å². The summed E-state index contributed by atoms with van der Waals surface area (Å²) >= 11 is 1.39. The number of carbonyl (C=O) groups excluding carboxylic acids is 2. The topological polar surface area (TPSA) is 99.2 Å². The van der Waals surface area contributed by atoms with Gasteiger partial charge in [-0.15, -0.1) is 11.8 Å². The second-order valence-corrected chi connectivity index (χ2v) is 9.40. The van der Waals surface area contributed by atoms with Crippen molar-refractivity contribution in [3.05, 3.63) is 59.1 Å². The molecule has 0 radical (unpaired) electrons. The Morgan fingerprint density at radius 2 is 1.91 bits per heavy atom. The fourth-order valence-corrected chi connectivity index (χ4v) is 3.88. The number of aromatic nitrogens is 3. The molecule has 1 aromatic carbocycles.